The molecule has 0 amide bonds. The molecule has 1 aliphatic rings. The molecule has 0 aliphatic heterocycles. The van der Waals surface area contributed by atoms with Gasteiger partial charge in [0, 0.05) is 12.2 Å². The zero-order chi connectivity index (χ0) is 11.7. The van der Waals surface area contributed by atoms with Crippen molar-refractivity contribution >= 4 is 34.9 Å². The van der Waals surface area contributed by atoms with E-state index in [0.717, 1.165) is 12.1 Å². The first-order chi connectivity index (χ1) is 7.58. The molecule has 2 atom stereocenters. The van der Waals surface area contributed by atoms with Gasteiger partial charge in [0.15, 0.2) is 0 Å². The van der Waals surface area contributed by atoms with Crippen LogP contribution in [0.3, 0.4) is 0 Å². The Hall–Kier alpha value is -0.930. The lowest BCUT2D eigenvalue weighted by atomic mass is 10.3. The molecule has 0 heterocycles. The Bertz CT molecular complexity index is 422. The molecule has 1 aromatic carbocycles. The summed E-state index contributed by atoms with van der Waals surface area (Å²) in [7, 11) is 0. The van der Waals surface area contributed by atoms with Crippen molar-refractivity contribution in [1.29, 1.82) is 0 Å². The number of carboxylic acids is 1. The van der Waals surface area contributed by atoms with Crippen LogP contribution in [0.2, 0.25) is 10.0 Å². The van der Waals surface area contributed by atoms with Crippen LogP contribution in [0.1, 0.15) is 6.42 Å². The third kappa shape index (κ3) is 2.60. The molecule has 5 heteroatoms. The van der Waals surface area contributed by atoms with Crippen LogP contribution in [-0.4, -0.2) is 17.6 Å². The van der Waals surface area contributed by atoms with Crippen LogP contribution in [0.4, 0.5) is 5.69 Å². The quantitative estimate of drug-likeness (QED) is 0.874. The number of carboxylic acid groups (broad SMARTS) is 1. The van der Waals surface area contributed by atoms with Gasteiger partial charge in [-0.25, -0.2) is 0 Å². The Kier molecular flexibility index (Phi) is 3.26. The van der Waals surface area contributed by atoms with Crippen molar-refractivity contribution < 1.29 is 9.90 Å². The highest BCUT2D eigenvalue weighted by atomic mass is 35.5. The number of hydrogen-bond acceptors (Lipinski definition) is 2. The zero-order valence-corrected chi connectivity index (χ0v) is 9.92. The molecule has 3 nitrogen and oxygen atoms in total. The summed E-state index contributed by atoms with van der Waals surface area (Å²) < 4.78 is 0. The first-order valence-electron chi connectivity index (χ1n) is 4.99. The normalized spacial score (nSPS) is 22.9. The molecule has 86 valence electrons. The van der Waals surface area contributed by atoms with Crippen molar-refractivity contribution in [2.75, 3.05) is 11.9 Å². The third-order valence-electron chi connectivity index (χ3n) is 2.73. The van der Waals surface area contributed by atoms with Crippen LogP contribution in [0, 0.1) is 11.8 Å². The molecule has 2 rings (SSSR count). The first-order valence-corrected chi connectivity index (χ1v) is 5.75. The fraction of sp³-hybridized carbons (Fsp3) is 0.364. The lowest BCUT2D eigenvalue weighted by molar-refractivity contribution is -0.138. The van der Waals surface area contributed by atoms with Gasteiger partial charge in [-0.3, -0.25) is 4.79 Å². The molecule has 0 aromatic heterocycles. The highest BCUT2D eigenvalue weighted by molar-refractivity contribution is 6.42. The van der Waals surface area contributed by atoms with Gasteiger partial charge in [-0.2, -0.15) is 0 Å². The topological polar surface area (TPSA) is 49.3 Å². The summed E-state index contributed by atoms with van der Waals surface area (Å²) in [6, 6.07) is 5.28. The molecule has 2 unspecified atom stereocenters. The molecule has 1 aromatic rings. The summed E-state index contributed by atoms with van der Waals surface area (Å²) in [4.78, 5) is 10.6. The van der Waals surface area contributed by atoms with Gasteiger partial charge >= 0.3 is 5.97 Å². The van der Waals surface area contributed by atoms with E-state index >= 15 is 0 Å². The Morgan fingerprint density at radius 3 is 2.75 bits per heavy atom. The lowest BCUT2D eigenvalue weighted by Crippen LogP contribution is -2.08. The second kappa shape index (κ2) is 4.52. The van der Waals surface area contributed by atoms with Crippen LogP contribution in [0.15, 0.2) is 18.2 Å². The molecule has 0 saturated heterocycles. The molecular weight excluding hydrogens is 249 g/mol. The van der Waals surface area contributed by atoms with Gasteiger partial charge in [0.2, 0.25) is 0 Å². The van der Waals surface area contributed by atoms with E-state index in [9.17, 15) is 4.79 Å². The molecule has 1 fully saturated rings. The summed E-state index contributed by atoms with van der Waals surface area (Å²) in [5.41, 5.74) is 0.866. The Morgan fingerprint density at radius 1 is 1.44 bits per heavy atom. The summed E-state index contributed by atoms with van der Waals surface area (Å²) >= 11 is 11.6. The minimum atomic E-state index is -0.707. The van der Waals surface area contributed by atoms with E-state index < -0.39 is 5.97 Å². The predicted octanol–water partition coefficient (Wildman–Crippen LogP) is 3.13. The number of carbonyl (C=O) groups is 1. The van der Waals surface area contributed by atoms with Crippen molar-refractivity contribution in [2.24, 2.45) is 11.8 Å². The highest BCUT2D eigenvalue weighted by Crippen LogP contribution is 2.38. The smallest absolute Gasteiger partial charge is 0.306 e. The summed E-state index contributed by atoms with van der Waals surface area (Å²) in [6.45, 7) is 0.662. The van der Waals surface area contributed by atoms with Gasteiger partial charge in [-0.1, -0.05) is 23.2 Å². The highest BCUT2D eigenvalue weighted by Gasteiger charge is 2.42. The monoisotopic (exact) mass is 259 g/mol. The largest absolute Gasteiger partial charge is 0.481 e. The number of benzene rings is 1. The Morgan fingerprint density at radius 2 is 2.19 bits per heavy atom. The van der Waals surface area contributed by atoms with Crippen LogP contribution in [0.5, 0.6) is 0 Å². The van der Waals surface area contributed by atoms with Crippen LogP contribution < -0.4 is 5.32 Å². The fourth-order valence-electron chi connectivity index (χ4n) is 1.63. The maximum atomic E-state index is 10.6. The van der Waals surface area contributed by atoms with E-state index in [4.69, 9.17) is 28.3 Å². The average Bonchev–Trinajstić information content (AvgIpc) is 2.99. The summed E-state index contributed by atoms with van der Waals surface area (Å²) in [6.07, 6.45) is 0.754. The van der Waals surface area contributed by atoms with Crippen molar-refractivity contribution in [3.05, 3.63) is 28.2 Å². The summed E-state index contributed by atoms with van der Waals surface area (Å²) in [5.74, 6) is -0.664. The second-order valence-corrected chi connectivity index (χ2v) is 4.76. The zero-order valence-electron chi connectivity index (χ0n) is 8.41. The standard InChI is InChI=1S/C11H11Cl2NO2/c12-9-2-1-7(4-10(9)13)14-5-6-3-8(6)11(15)16/h1-2,4,6,8,14H,3,5H2,(H,15,16). The van der Waals surface area contributed by atoms with Crippen molar-refractivity contribution in [3.63, 3.8) is 0 Å². The van der Waals surface area contributed by atoms with E-state index in [1.54, 1.807) is 12.1 Å². The van der Waals surface area contributed by atoms with Gasteiger partial charge in [0.05, 0.1) is 16.0 Å². The SMILES string of the molecule is O=C(O)C1CC1CNc1ccc(Cl)c(Cl)c1. The number of hydrogen-bond donors (Lipinski definition) is 2. The van der Waals surface area contributed by atoms with Gasteiger partial charge in [0.25, 0.3) is 0 Å². The minimum Gasteiger partial charge on any atom is -0.481 e. The summed E-state index contributed by atoms with van der Waals surface area (Å²) in [5, 5.41) is 12.9. The minimum absolute atomic E-state index is 0.185. The maximum Gasteiger partial charge on any atom is 0.306 e. The van der Waals surface area contributed by atoms with E-state index in [1.807, 2.05) is 6.07 Å². The van der Waals surface area contributed by atoms with Crippen LogP contribution in [0.25, 0.3) is 0 Å². The van der Waals surface area contributed by atoms with Crippen molar-refractivity contribution in [1.82, 2.24) is 0 Å². The molecule has 0 bridgehead atoms. The number of nitrogens with one attached hydrogen (secondary N) is 1. The van der Waals surface area contributed by atoms with Gasteiger partial charge in [0.1, 0.15) is 0 Å². The second-order valence-electron chi connectivity index (χ2n) is 3.95. The molecule has 2 N–H and O–H groups in total. The van der Waals surface area contributed by atoms with E-state index in [2.05, 4.69) is 5.32 Å². The van der Waals surface area contributed by atoms with E-state index in [0.29, 0.717) is 16.6 Å². The van der Waals surface area contributed by atoms with Crippen molar-refractivity contribution in [2.45, 2.75) is 6.42 Å². The van der Waals surface area contributed by atoms with Gasteiger partial charge in [-0.05, 0) is 30.5 Å². The number of rotatable bonds is 4. The molecule has 0 radical (unpaired) electrons. The van der Waals surface area contributed by atoms with E-state index in [-0.39, 0.29) is 11.8 Å². The number of anilines is 1. The molecule has 0 spiro atoms. The molecule has 16 heavy (non-hydrogen) atoms. The third-order valence-corrected chi connectivity index (χ3v) is 3.47. The Labute approximate surface area is 103 Å². The number of aliphatic carboxylic acids is 1. The van der Waals surface area contributed by atoms with Gasteiger partial charge in [-0.15, -0.1) is 0 Å². The lowest BCUT2D eigenvalue weighted by Gasteiger charge is -2.06. The van der Waals surface area contributed by atoms with E-state index in [1.165, 1.54) is 0 Å². The maximum absolute atomic E-state index is 10.6. The van der Waals surface area contributed by atoms with Gasteiger partial charge < -0.3 is 10.4 Å². The van der Waals surface area contributed by atoms with Crippen LogP contribution in [-0.2, 0) is 4.79 Å². The molecular formula is C11H11Cl2NO2. The first kappa shape index (κ1) is 11.6. The Balaban J connectivity index is 1.87. The predicted molar refractivity (Wildman–Crippen MR) is 64.2 cm³/mol. The fourth-order valence-corrected chi connectivity index (χ4v) is 1.93. The average molecular weight is 260 g/mol. The van der Waals surface area contributed by atoms with Crippen molar-refractivity contribution in [3.8, 4) is 0 Å². The number of halogens is 2. The molecule has 1 saturated carbocycles. The molecule has 1 aliphatic carbocycles. The van der Waals surface area contributed by atoms with Crippen LogP contribution >= 0.6 is 23.2 Å².